The summed E-state index contributed by atoms with van der Waals surface area (Å²) in [6.07, 6.45) is 6.89. The minimum absolute atomic E-state index is 0.140. The highest BCUT2D eigenvalue weighted by atomic mass is 17.1. The molecular formula is C17H21NO4. The molecule has 5 atom stereocenters. The van der Waals surface area contributed by atoms with Crippen molar-refractivity contribution in [1.29, 1.82) is 0 Å². The molecule has 5 heteroatoms. The highest BCUT2D eigenvalue weighted by Crippen LogP contribution is 2.65. The molecule has 5 aliphatic rings. The molecule has 2 saturated heterocycles. The molecule has 5 rings (SSSR count). The summed E-state index contributed by atoms with van der Waals surface area (Å²) in [5.74, 6) is 1.62. The van der Waals surface area contributed by atoms with E-state index in [9.17, 15) is 10.4 Å². The number of hydrogen-bond donors (Lipinski definition) is 2. The van der Waals surface area contributed by atoms with Crippen molar-refractivity contribution in [1.82, 2.24) is 4.90 Å². The topological polar surface area (TPSA) is 62.2 Å². The Kier molecular flexibility index (Phi) is 2.49. The predicted octanol–water partition coefficient (Wildman–Crippen LogP) is 1.82. The summed E-state index contributed by atoms with van der Waals surface area (Å²) < 4.78 is 6.19. The number of ether oxygens (including phenoxy) is 1. The molecule has 2 bridgehead atoms. The van der Waals surface area contributed by atoms with E-state index in [4.69, 9.17) is 4.74 Å². The number of hydrogen-bond acceptors (Lipinski definition) is 5. The Bertz CT molecular complexity index is 637. The lowest BCUT2D eigenvalue weighted by atomic mass is 9.52. The third kappa shape index (κ3) is 1.32. The van der Waals surface area contributed by atoms with Crippen molar-refractivity contribution < 1.29 is 20.0 Å². The second-order valence-electron chi connectivity index (χ2n) is 7.30. The molecule has 5 nitrogen and oxygen atoms in total. The largest absolute Gasteiger partial charge is 0.482 e. The number of aliphatic hydroxyl groups is 1. The molecule has 0 amide bonds. The molecule has 0 aromatic heterocycles. The Morgan fingerprint density at radius 3 is 3.05 bits per heavy atom. The third-order valence-corrected chi connectivity index (χ3v) is 6.55. The van der Waals surface area contributed by atoms with Gasteiger partial charge in [0.15, 0.2) is 11.5 Å². The first-order chi connectivity index (χ1) is 10.7. The monoisotopic (exact) mass is 303 g/mol. The summed E-state index contributed by atoms with van der Waals surface area (Å²) >= 11 is 0. The minimum atomic E-state index is -0.592. The lowest BCUT2D eigenvalue weighted by Gasteiger charge is -2.56. The molecule has 2 N–H and O–H groups in total. The summed E-state index contributed by atoms with van der Waals surface area (Å²) in [5, 5.41) is 19.7. The quantitative estimate of drug-likeness (QED) is 0.439. The van der Waals surface area contributed by atoms with Crippen LogP contribution in [0, 0.1) is 11.3 Å². The summed E-state index contributed by atoms with van der Waals surface area (Å²) in [5.41, 5.74) is 2.54. The van der Waals surface area contributed by atoms with Gasteiger partial charge in [-0.05, 0) is 32.9 Å². The van der Waals surface area contributed by atoms with Crippen LogP contribution >= 0.6 is 0 Å². The molecule has 22 heavy (non-hydrogen) atoms. The van der Waals surface area contributed by atoms with Crippen LogP contribution in [0.2, 0.25) is 0 Å². The zero-order valence-corrected chi connectivity index (χ0v) is 12.7. The average molecular weight is 303 g/mol. The van der Waals surface area contributed by atoms with Gasteiger partial charge in [-0.25, -0.2) is 5.26 Å². The fourth-order valence-electron chi connectivity index (χ4n) is 5.61. The second-order valence-corrected chi connectivity index (χ2v) is 7.30. The van der Waals surface area contributed by atoms with E-state index in [1.165, 1.54) is 11.1 Å². The number of rotatable bonds is 1. The molecule has 0 aromatic rings. The van der Waals surface area contributed by atoms with E-state index < -0.39 is 6.10 Å². The number of aliphatic hydroxyl groups excluding tert-OH is 1. The second kappa shape index (κ2) is 4.16. The van der Waals surface area contributed by atoms with Gasteiger partial charge in [-0.1, -0.05) is 17.7 Å². The predicted molar refractivity (Wildman–Crippen MR) is 78.6 cm³/mol. The molecule has 0 saturated carbocycles. The van der Waals surface area contributed by atoms with Crippen LogP contribution in [0.3, 0.4) is 0 Å². The Hall–Kier alpha value is -1.30. The van der Waals surface area contributed by atoms with Gasteiger partial charge in [0.05, 0.1) is 0 Å². The van der Waals surface area contributed by atoms with Crippen LogP contribution in [-0.4, -0.2) is 47.1 Å². The van der Waals surface area contributed by atoms with Gasteiger partial charge in [0.25, 0.3) is 0 Å². The summed E-state index contributed by atoms with van der Waals surface area (Å²) in [6.45, 7) is 1.01. The fraction of sp³-hybridized carbons (Fsp3) is 0.647. The summed E-state index contributed by atoms with van der Waals surface area (Å²) in [7, 11) is 2.20. The molecule has 2 heterocycles. The molecule has 118 valence electrons. The number of nitrogens with zero attached hydrogens (tertiary/aromatic N) is 1. The minimum Gasteiger partial charge on any atom is -0.482 e. The normalized spacial score (nSPS) is 45.8. The van der Waals surface area contributed by atoms with Crippen molar-refractivity contribution >= 4 is 0 Å². The molecule has 0 unspecified atom stereocenters. The molecule has 2 aliphatic heterocycles. The van der Waals surface area contributed by atoms with Gasteiger partial charge < -0.3 is 19.6 Å². The maximum Gasteiger partial charge on any atom is 0.184 e. The van der Waals surface area contributed by atoms with Crippen LogP contribution in [0.15, 0.2) is 34.8 Å². The first-order valence-corrected chi connectivity index (χ1v) is 8.17. The fourth-order valence-corrected chi connectivity index (χ4v) is 5.61. The van der Waals surface area contributed by atoms with Crippen molar-refractivity contribution in [2.24, 2.45) is 11.3 Å². The maximum absolute atomic E-state index is 10.5. The van der Waals surface area contributed by atoms with E-state index in [1.54, 1.807) is 0 Å². The van der Waals surface area contributed by atoms with E-state index in [1.807, 2.05) is 6.08 Å². The smallest absolute Gasteiger partial charge is 0.184 e. The molecule has 0 radical (unpaired) electrons. The van der Waals surface area contributed by atoms with Crippen molar-refractivity contribution in [2.75, 3.05) is 13.6 Å². The molecular weight excluding hydrogens is 282 g/mol. The maximum atomic E-state index is 10.5. The number of allylic oxidation sites excluding steroid dienone is 2. The van der Waals surface area contributed by atoms with Gasteiger partial charge in [-0.3, -0.25) is 0 Å². The zero-order valence-electron chi connectivity index (χ0n) is 12.7. The van der Waals surface area contributed by atoms with E-state index in [2.05, 4.69) is 22.9 Å². The van der Waals surface area contributed by atoms with Crippen LogP contribution in [0.5, 0.6) is 0 Å². The summed E-state index contributed by atoms with van der Waals surface area (Å²) in [6, 6.07) is 0.485. The van der Waals surface area contributed by atoms with Crippen LogP contribution in [0.1, 0.15) is 25.7 Å². The molecule has 3 aliphatic carbocycles. The van der Waals surface area contributed by atoms with E-state index in [0.717, 1.165) is 25.8 Å². The van der Waals surface area contributed by atoms with Gasteiger partial charge in [-0.15, -0.1) is 0 Å². The van der Waals surface area contributed by atoms with E-state index in [0.29, 0.717) is 29.9 Å². The first-order valence-electron chi connectivity index (χ1n) is 8.17. The van der Waals surface area contributed by atoms with Crippen molar-refractivity contribution in [3.8, 4) is 0 Å². The van der Waals surface area contributed by atoms with Gasteiger partial charge in [0.1, 0.15) is 12.2 Å². The Balaban J connectivity index is 1.78. The SMILES string of the molecule is CN1CC[C@]23C4=C5CCC(OO)=C4O[C@H]2[C@@H](O)C=C[C@H]3[C@H]1C5. The van der Waals surface area contributed by atoms with Gasteiger partial charge in [0.2, 0.25) is 0 Å². The lowest BCUT2D eigenvalue weighted by molar-refractivity contribution is -0.209. The molecule has 0 aromatic carbocycles. The lowest BCUT2D eigenvalue weighted by Crippen LogP contribution is -2.61. The van der Waals surface area contributed by atoms with Crippen LogP contribution in [0.4, 0.5) is 0 Å². The van der Waals surface area contributed by atoms with Crippen molar-refractivity contribution in [2.45, 2.75) is 43.9 Å². The molecule has 2 fully saturated rings. The van der Waals surface area contributed by atoms with Gasteiger partial charge in [-0.2, -0.15) is 0 Å². The van der Waals surface area contributed by atoms with E-state index >= 15 is 0 Å². The molecule has 1 spiro atoms. The first kappa shape index (κ1) is 13.2. The van der Waals surface area contributed by atoms with Crippen LogP contribution < -0.4 is 0 Å². The van der Waals surface area contributed by atoms with E-state index in [-0.39, 0.29) is 11.5 Å². The highest BCUT2D eigenvalue weighted by Gasteiger charge is 2.66. The van der Waals surface area contributed by atoms with Crippen LogP contribution in [-0.2, 0) is 9.62 Å². The third-order valence-electron chi connectivity index (χ3n) is 6.55. The number of piperidine rings is 1. The standard InChI is InChI=1S/C17H21NO4/c1-18-7-6-17-10-3-4-12(19)16(17)21-15-13(22-20)5-2-9(14(15)17)8-11(10)18/h3-4,10-12,16,19-20H,2,5-8H2,1H3/t10-,11+,12-,16-,17-/m0/s1. The zero-order chi connectivity index (χ0) is 15.1. The van der Waals surface area contributed by atoms with Crippen molar-refractivity contribution in [3.05, 3.63) is 34.8 Å². The Morgan fingerprint density at radius 1 is 1.36 bits per heavy atom. The van der Waals surface area contributed by atoms with Crippen LogP contribution in [0.25, 0.3) is 0 Å². The van der Waals surface area contributed by atoms with Crippen molar-refractivity contribution in [3.63, 3.8) is 0 Å². The Labute approximate surface area is 129 Å². The van der Waals surface area contributed by atoms with Gasteiger partial charge >= 0.3 is 0 Å². The Morgan fingerprint density at radius 2 is 2.23 bits per heavy atom. The average Bonchev–Trinajstić information content (AvgIpc) is 2.88. The summed E-state index contributed by atoms with van der Waals surface area (Å²) in [4.78, 5) is 7.07. The number of likely N-dealkylation sites (tertiary alicyclic amines) is 1. The highest BCUT2D eigenvalue weighted by molar-refractivity contribution is 5.52. The van der Waals surface area contributed by atoms with Gasteiger partial charge in [0, 0.05) is 29.4 Å².